The lowest BCUT2D eigenvalue weighted by Gasteiger charge is -2.50. The number of ether oxygens (including phenoxy) is 2. The molecule has 0 unspecified atom stereocenters. The van der Waals surface area contributed by atoms with E-state index in [0.717, 1.165) is 45.1 Å². The molecule has 1 heterocycles. The molecule has 0 aromatic rings. The quantitative estimate of drug-likeness (QED) is 0.291. The average molecular weight is 497 g/mol. The molecular weight excluding hydrogens is 452 g/mol. The number of nitriles is 1. The number of nitrogens with zero attached hydrogens (tertiary/aromatic N) is 2. The van der Waals surface area contributed by atoms with Gasteiger partial charge in [-0.3, -0.25) is 9.59 Å². The van der Waals surface area contributed by atoms with Crippen molar-refractivity contribution < 1.29 is 19.1 Å². The maximum absolute atomic E-state index is 12.2. The highest BCUT2D eigenvalue weighted by Crippen LogP contribution is 2.60. The van der Waals surface area contributed by atoms with Gasteiger partial charge in [0, 0.05) is 38.8 Å². The number of piperidine rings is 1. The SMILES string of the molecule is CC(=O)O[C@@H]1CC[C@@H]2C(=CC[C@H]3[C@H]4C[C@H](OC(C)=O)[C@H]([C@H](C)[C@H]5CC[C@H](C)CN5C#N)[C@@H]4CC[C@@H]32)C1. The molecular formula is C30H44N2O4. The number of allylic oxidation sites excluding steroid dienone is 1. The van der Waals surface area contributed by atoms with Crippen LogP contribution in [0.2, 0.25) is 0 Å². The van der Waals surface area contributed by atoms with Crippen LogP contribution in [0.1, 0.15) is 85.5 Å². The van der Waals surface area contributed by atoms with Gasteiger partial charge in [0.05, 0.1) is 0 Å². The van der Waals surface area contributed by atoms with Crippen LogP contribution in [0.15, 0.2) is 11.6 Å². The molecule has 0 radical (unpaired) electrons. The highest BCUT2D eigenvalue weighted by atomic mass is 16.5. The number of carbonyl (C=O) groups is 2. The first-order valence-corrected chi connectivity index (χ1v) is 14.5. The zero-order valence-corrected chi connectivity index (χ0v) is 22.5. The molecule has 3 saturated carbocycles. The number of carbonyl (C=O) groups excluding carboxylic acids is 2. The maximum Gasteiger partial charge on any atom is 0.302 e. The second kappa shape index (κ2) is 10.4. The smallest absolute Gasteiger partial charge is 0.302 e. The number of fused-ring (bicyclic) bond motifs is 5. The van der Waals surface area contributed by atoms with Crippen LogP contribution in [-0.2, 0) is 19.1 Å². The summed E-state index contributed by atoms with van der Waals surface area (Å²) in [7, 11) is 0. The summed E-state index contributed by atoms with van der Waals surface area (Å²) < 4.78 is 11.6. The Kier molecular flexibility index (Phi) is 7.39. The van der Waals surface area contributed by atoms with E-state index in [4.69, 9.17) is 9.47 Å². The fourth-order valence-corrected chi connectivity index (χ4v) is 9.40. The molecule has 11 atom stereocenters. The molecule has 5 rings (SSSR count). The third-order valence-electron chi connectivity index (χ3n) is 10.7. The molecule has 0 amide bonds. The highest BCUT2D eigenvalue weighted by Gasteiger charge is 2.56. The zero-order chi connectivity index (χ0) is 25.6. The summed E-state index contributed by atoms with van der Waals surface area (Å²) in [5.41, 5.74) is 1.52. The van der Waals surface area contributed by atoms with Crippen LogP contribution in [-0.4, -0.2) is 41.6 Å². The Morgan fingerprint density at radius 2 is 1.75 bits per heavy atom. The second-order valence-electron chi connectivity index (χ2n) is 12.7. The third kappa shape index (κ3) is 4.79. The molecule has 1 aliphatic heterocycles. The second-order valence-corrected chi connectivity index (χ2v) is 12.7. The molecule has 6 heteroatoms. The van der Waals surface area contributed by atoms with Crippen molar-refractivity contribution >= 4 is 11.9 Å². The van der Waals surface area contributed by atoms with Gasteiger partial charge in [-0.25, -0.2) is 0 Å². The van der Waals surface area contributed by atoms with Gasteiger partial charge in [-0.05, 0) is 92.8 Å². The van der Waals surface area contributed by atoms with Crippen LogP contribution >= 0.6 is 0 Å². The molecule has 6 nitrogen and oxygen atoms in total. The van der Waals surface area contributed by atoms with Gasteiger partial charge in [0.1, 0.15) is 12.2 Å². The molecule has 0 aromatic carbocycles. The van der Waals surface area contributed by atoms with E-state index in [1.54, 1.807) is 6.92 Å². The standard InChI is InChI=1S/C30H44N2O4/c1-17-5-12-28(32(15-17)16-31)18(2)30-26-11-10-24-23-9-7-22(35-19(3)33)13-21(23)6-8-25(24)27(26)14-29(30)36-20(4)34/h6,17-18,22-30H,5,7-15H2,1-4H3/t17-,18+,22+,23+,24+,25+,26+,27+,28+,29-,30+/m0/s1. The summed E-state index contributed by atoms with van der Waals surface area (Å²) >= 11 is 0. The van der Waals surface area contributed by atoms with Gasteiger partial charge in [-0.1, -0.05) is 25.5 Å². The van der Waals surface area contributed by atoms with Gasteiger partial charge in [0.15, 0.2) is 6.19 Å². The molecule has 0 bridgehead atoms. The predicted molar refractivity (Wildman–Crippen MR) is 136 cm³/mol. The Labute approximate surface area is 216 Å². The van der Waals surface area contributed by atoms with Crippen LogP contribution in [0, 0.1) is 58.8 Å². The minimum atomic E-state index is -0.170. The van der Waals surface area contributed by atoms with E-state index in [9.17, 15) is 14.9 Å². The van der Waals surface area contributed by atoms with E-state index in [-0.39, 0.29) is 30.2 Å². The van der Waals surface area contributed by atoms with Crippen molar-refractivity contribution in [2.24, 2.45) is 47.3 Å². The largest absolute Gasteiger partial charge is 0.462 e. The molecule has 36 heavy (non-hydrogen) atoms. The minimum absolute atomic E-state index is 0.0313. The van der Waals surface area contributed by atoms with Crippen molar-refractivity contribution in [3.8, 4) is 6.19 Å². The topological polar surface area (TPSA) is 79.6 Å². The number of esters is 2. The van der Waals surface area contributed by atoms with Crippen molar-refractivity contribution in [2.45, 2.75) is 104 Å². The predicted octanol–water partition coefficient (Wildman–Crippen LogP) is 5.48. The minimum Gasteiger partial charge on any atom is -0.462 e. The van der Waals surface area contributed by atoms with E-state index >= 15 is 0 Å². The summed E-state index contributed by atoms with van der Waals surface area (Å²) in [6.45, 7) is 8.48. The van der Waals surface area contributed by atoms with Gasteiger partial charge in [-0.15, -0.1) is 0 Å². The van der Waals surface area contributed by atoms with Crippen LogP contribution in [0.4, 0.5) is 0 Å². The van der Waals surface area contributed by atoms with E-state index < -0.39 is 0 Å². The van der Waals surface area contributed by atoms with E-state index in [1.807, 2.05) is 4.90 Å². The summed E-state index contributed by atoms with van der Waals surface area (Å²) in [5.74, 6) is 4.01. The summed E-state index contributed by atoms with van der Waals surface area (Å²) in [5, 5.41) is 9.90. The summed E-state index contributed by atoms with van der Waals surface area (Å²) in [6.07, 6.45) is 14.7. The third-order valence-corrected chi connectivity index (χ3v) is 10.7. The van der Waals surface area contributed by atoms with Gasteiger partial charge in [0.2, 0.25) is 0 Å². The van der Waals surface area contributed by atoms with E-state index in [1.165, 1.54) is 31.8 Å². The van der Waals surface area contributed by atoms with Gasteiger partial charge in [-0.2, -0.15) is 5.26 Å². The Bertz CT molecular complexity index is 924. The fourth-order valence-electron chi connectivity index (χ4n) is 9.40. The maximum atomic E-state index is 12.2. The highest BCUT2D eigenvalue weighted by molar-refractivity contribution is 5.66. The Morgan fingerprint density at radius 1 is 1.00 bits per heavy atom. The normalized spacial score (nSPS) is 42.6. The number of hydrogen-bond donors (Lipinski definition) is 0. The van der Waals surface area contributed by atoms with E-state index in [0.29, 0.717) is 47.3 Å². The van der Waals surface area contributed by atoms with Crippen LogP contribution in [0.5, 0.6) is 0 Å². The monoisotopic (exact) mass is 496 g/mol. The molecule has 4 fully saturated rings. The molecule has 0 N–H and O–H groups in total. The van der Waals surface area contributed by atoms with Crippen molar-refractivity contribution in [2.75, 3.05) is 6.54 Å². The first-order chi connectivity index (χ1) is 17.3. The lowest BCUT2D eigenvalue weighted by molar-refractivity contribution is -0.150. The van der Waals surface area contributed by atoms with Gasteiger partial charge < -0.3 is 14.4 Å². The molecule has 0 spiro atoms. The Balaban J connectivity index is 1.35. The lowest BCUT2D eigenvalue weighted by Crippen LogP contribution is -2.48. The van der Waals surface area contributed by atoms with Gasteiger partial charge >= 0.3 is 11.9 Å². The summed E-state index contributed by atoms with van der Waals surface area (Å²) in [4.78, 5) is 25.7. The van der Waals surface area contributed by atoms with Gasteiger partial charge in [0.25, 0.3) is 0 Å². The van der Waals surface area contributed by atoms with Crippen LogP contribution in [0.25, 0.3) is 0 Å². The Morgan fingerprint density at radius 3 is 2.47 bits per heavy atom. The van der Waals surface area contributed by atoms with Crippen molar-refractivity contribution in [1.82, 2.24) is 4.90 Å². The number of hydrogen-bond acceptors (Lipinski definition) is 6. The molecule has 1 saturated heterocycles. The van der Waals surface area contributed by atoms with Crippen LogP contribution < -0.4 is 0 Å². The molecule has 4 aliphatic carbocycles. The van der Waals surface area contributed by atoms with Crippen molar-refractivity contribution in [1.29, 1.82) is 5.26 Å². The Hall–Kier alpha value is -2.03. The molecule has 198 valence electrons. The van der Waals surface area contributed by atoms with Crippen LogP contribution in [0.3, 0.4) is 0 Å². The summed E-state index contributed by atoms with van der Waals surface area (Å²) in [6, 6.07) is 0.250. The molecule has 5 aliphatic rings. The first kappa shape index (κ1) is 25.6. The fraction of sp³-hybridized carbons (Fsp3) is 0.833. The zero-order valence-electron chi connectivity index (χ0n) is 22.5. The number of rotatable bonds is 4. The number of likely N-dealkylation sites (tertiary alicyclic amines) is 1. The lowest BCUT2D eigenvalue weighted by atomic mass is 9.55. The van der Waals surface area contributed by atoms with Crippen molar-refractivity contribution in [3.05, 3.63) is 11.6 Å². The molecule has 0 aromatic heterocycles. The van der Waals surface area contributed by atoms with E-state index in [2.05, 4.69) is 26.1 Å². The average Bonchev–Trinajstić information content (AvgIpc) is 3.20. The first-order valence-electron chi connectivity index (χ1n) is 14.5. The van der Waals surface area contributed by atoms with Crippen molar-refractivity contribution in [3.63, 3.8) is 0 Å².